The smallest absolute Gasteiger partial charge is 0.262 e. The second-order valence-corrected chi connectivity index (χ2v) is 5.15. The van der Waals surface area contributed by atoms with E-state index in [0.29, 0.717) is 10.8 Å². The number of nitrogens with two attached hydrogens (primary N) is 1. The van der Waals surface area contributed by atoms with Gasteiger partial charge < -0.3 is 10.7 Å². The molecule has 0 fully saturated rings. The SMILES string of the molecule is Nc1ccc2nc(NC(=O)c3c[nH]ccc3=O)sc2c1. The summed E-state index contributed by atoms with van der Waals surface area (Å²) >= 11 is 1.30. The highest BCUT2D eigenvalue weighted by Crippen LogP contribution is 2.27. The highest BCUT2D eigenvalue weighted by molar-refractivity contribution is 7.22. The molecule has 0 radical (unpaired) electrons. The van der Waals surface area contributed by atoms with Crippen LogP contribution >= 0.6 is 11.3 Å². The van der Waals surface area contributed by atoms with E-state index in [9.17, 15) is 9.59 Å². The molecule has 2 aromatic heterocycles. The van der Waals surface area contributed by atoms with Crippen molar-refractivity contribution in [2.45, 2.75) is 0 Å². The maximum absolute atomic E-state index is 12.0. The van der Waals surface area contributed by atoms with Crippen molar-refractivity contribution in [3.8, 4) is 0 Å². The first-order valence-electron chi connectivity index (χ1n) is 5.78. The van der Waals surface area contributed by atoms with E-state index in [2.05, 4.69) is 15.3 Å². The number of anilines is 2. The zero-order valence-corrected chi connectivity index (χ0v) is 11.0. The summed E-state index contributed by atoms with van der Waals surface area (Å²) in [7, 11) is 0. The Hall–Kier alpha value is -2.67. The number of aromatic nitrogens is 2. The van der Waals surface area contributed by atoms with Crippen LogP contribution in [0.15, 0.2) is 41.5 Å². The lowest BCUT2D eigenvalue weighted by Gasteiger charge is -1.99. The van der Waals surface area contributed by atoms with Crippen LogP contribution in [-0.4, -0.2) is 15.9 Å². The van der Waals surface area contributed by atoms with Crippen molar-refractivity contribution in [1.82, 2.24) is 9.97 Å². The maximum Gasteiger partial charge on any atom is 0.262 e. The van der Waals surface area contributed by atoms with Gasteiger partial charge in [-0.15, -0.1) is 0 Å². The largest absolute Gasteiger partial charge is 0.399 e. The minimum atomic E-state index is -0.487. The van der Waals surface area contributed by atoms with E-state index in [4.69, 9.17) is 5.73 Å². The topological polar surface area (TPSA) is 101 Å². The summed E-state index contributed by atoms with van der Waals surface area (Å²) in [6.07, 6.45) is 2.84. The number of fused-ring (bicyclic) bond motifs is 1. The number of rotatable bonds is 2. The van der Waals surface area contributed by atoms with Crippen molar-refractivity contribution in [3.63, 3.8) is 0 Å². The lowest BCUT2D eigenvalue weighted by molar-refractivity contribution is 0.102. The fraction of sp³-hybridized carbons (Fsp3) is 0. The van der Waals surface area contributed by atoms with Gasteiger partial charge in [-0.25, -0.2) is 4.98 Å². The Bertz CT molecular complexity index is 853. The molecule has 1 amide bonds. The molecular weight excluding hydrogens is 276 g/mol. The summed E-state index contributed by atoms with van der Waals surface area (Å²) in [5, 5.41) is 3.05. The van der Waals surface area contributed by atoms with E-state index in [-0.39, 0.29) is 11.0 Å². The summed E-state index contributed by atoms with van der Waals surface area (Å²) in [6, 6.07) is 6.62. The molecule has 0 aliphatic heterocycles. The number of amides is 1. The van der Waals surface area contributed by atoms with Crippen LogP contribution in [0.25, 0.3) is 10.2 Å². The van der Waals surface area contributed by atoms with Gasteiger partial charge in [0.1, 0.15) is 5.56 Å². The van der Waals surface area contributed by atoms with Crippen molar-refractivity contribution in [1.29, 1.82) is 0 Å². The standard InChI is InChI=1S/C13H10N4O2S/c14-7-1-2-9-11(5-7)20-13(16-9)17-12(19)8-6-15-4-3-10(8)18/h1-6H,14H2,(H,15,18)(H,16,17,19). The van der Waals surface area contributed by atoms with E-state index in [1.807, 2.05) is 0 Å². The Labute approximate surface area is 117 Å². The van der Waals surface area contributed by atoms with E-state index < -0.39 is 5.91 Å². The van der Waals surface area contributed by atoms with E-state index in [0.717, 1.165) is 10.2 Å². The molecule has 6 nitrogen and oxygen atoms in total. The molecule has 4 N–H and O–H groups in total. The number of nitrogen functional groups attached to an aromatic ring is 1. The Kier molecular flexibility index (Phi) is 2.96. The number of carbonyl (C=O) groups is 1. The molecule has 0 aliphatic carbocycles. The first-order chi connectivity index (χ1) is 9.63. The molecule has 100 valence electrons. The van der Waals surface area contributed by atoms with Gasteiger partial charge >= 0.3 is 0 Å². The van der Waals surface area contributed by atoms with Crippen molar-refractivity contribution in [3.05, 3.63) is 52.4 Å². The van der Waals surface area contributed by atoms with Crippen LogP contribution in [0.4, 0.5) is 10.8 Å². The van der Waals surface area contributed by atoms with Gasteiger partial charge in [0.25, 0.3) is 5.91 Å². The molecule has 3 rings (SSSR count). The predicted octanol–water partition coefficient (Wildman–Crippen LogP) is 1.82. The van der Waals surface area contributed by atoms with Gasteiger partial charge in [-0.1, -0.05) is 11.3 Å². The third-order valence-electron chi connectivity index (χ3n) is 2.70. The second-order valence-electron chi connectivity index (χ2n) is 4.12. The van der Waals surface area contributed by atoms with Crippen LogP contribution in [0, 0.1) is 0 Å². The molecule has 3 aromatic rings. The van der Waals surface area contributed by atoms with Gasteiger partial charge in [0, 0.05) is 24.1 Å². The number of hydrogen-bond acceptors (Lipinski definition) is 5. The summed E-state index contributed by atoms with van der Waals surface area (Å²) in [5.74, 6) is -0.487. The van der Waals surface area contributed by atoms with E-state index in [1.165, 1.54) is 29.8 Å². The van der Waals surface area contributed by atoms with Gasteiger partial charge in [0.05, 0.1) is 10.2 Å². The first-order valence-corrected chi connectivity index (χ1v) is 6.59. The number of aromatic amines is 1. The van der Waals surface area contributed by atoms with Crippen LogP contribution in [0.2, 0.25) is 0 Å². The van der Waals surface area contributed by atoms with E-state index in [1.54, 1.807) is 18.2 Å². The first kappa shape index (κ1) is 12.4. The fourth-order valence-corrected chi connectivity index (χ4v) is 2.66. The molecule has 7 heteroatoms. The van der Waals surface area contributed by atoms with Crippen LogP contribution in [0.3, 0.4) is 0 Å². The minimum Gasteiger partial charge on any atom is -0.399 e. The van der Waals surface area contributed by atoms with Crippen LogP contribution < -0.4 is 16.5 Å². The summed E-state index contributed by atoms with van der Waals surface area (Å²) in [4.78, 5) is 30.5. The molecule has 20 heavy (non-hydrogen) atoms. The van der Waals surface area contributed by atoms with Gasteiger partial charge in [0.15, 0.2) is 10.6 Å². The number of hydrogen-bond donors (Lipinski definition) is 3. The maximum atomic E-state index is 12.0. The van der Waals surface area contributed by atoms with Gasteiger partial charge in [-0.2, -0.15) is 0 Å². The third-order valence-corrected chi connectivity index (χ3v) is 3.64. The number of pyridine rings is 1. The fourth-order valence-electron chi connectivity index (χ4n) is 1.75. The predicted molar refractivity (Wildman–Crippen MR) is 79.0 cm³/mol. The average Bonchev–Trinajstić information content (AvgIpc) is 2.80. The van der Waals surface area contributed by atoms with Crippen LogP contribution in [0.1, 0.15) is 10.4 Å². The molecule has 0 saturated carbocycles. The number of H-pyrrole nitrogens is 1. The lowest BCUT2D eigenvalue weighted by Crippen LogP contribution is -2.20. The number of carbonyl (C=O) groups excluding carboxylic acids is 1. The number of nitrogens with zero attached hydrogens (tertiary/aromatic N) is 1. The molecule has 0 unspecified atom stereocenters. The van der Waals surface area contributed by atoms with Crippen LogP contribution in [0.5, 0.6) is 0 Å². The van der Waals surface area contributed by atoms with Crippen LogP contribution in [-0.2, 0) is 0 Å². The molecule has 0 bridgehead atoms. The second kappa shape index (κ2) is 4.78. The normalized spacial score (nSPS) is 10.6. The monoisotopic (exact) mass is 286 g/mol. The van der Waals surface area contributed by atoms with Crippen molar-refractivity contribution in [2.24, 2.45) is 0 Å². The summed E-state index contributed by atoms with van der Waals surface area (Å²) in [5.41, 5.74) is 6.79. The molecule has 2 heterocycles. The average molecular weight is 286 g/mol. The molecule has 0 aliphatic rings. The Morgan fingerprint density at radius 2 is 2.20 bits per heavy atom. The zero-order valence-electron chi connectivity index (χ0n) is 10.2. The quantitative estimate of drug-likeness (QED) is 0.625. The number of thiazole rings is 1. The number of nitrogens with one attached hydrogen (secondary N) is 2. The molecular formula is C13H10N4O2S. The molecule has 0 atom stereocenters. The molecule has 0 spiro atoms. The third kappa shape index (κ3) is 2.26. The van der Waals surface area contributed by atoms with Gasteiger partial charge in [0.2, 0.25) is 0 Å². The summed E-state index contributed by atoms with van der Waals surface area (Å²) < 4.78 is 0.877. The highest BCUT2D eigenvalue weighted by atomic mass is 32.1. The Balaban J connectivity index is 1.91. The van der Waals surface area contributed by atoms with E-state index >= 15 is 0 Å². The Morgan fingerprint density at radius 1 is 1.35 bits per heavy atom. The minimum absolute atomic E-state index is 0.0475. The van der Waals surface area contributed by atoms with Gasteiger partial charge in [-0.05, 0) is 18.2 Å². The Morgan fingerprint density at radius 3 is 3.00 bits per heavy atom. The number of benzene rings is 1. The van der Waals surface area contributed by atoms with Crippen molar-refractivity contribution in [2.75, 3.05) is 11.1 Å². The van der Waals surface area contributed by atoms with Crippen molar-refractivity contribution >= 4 is 38.3 Å². The molecule has 1 aromatic carbocycles. The summed E-state index contributed by atoms with van der Waals surface area (Å²) in [6.45, 7) is 0. The zero-order chi connectivity index (χ0) is 14.1. The van der Waals surface area contributed by atoms with Gasteiger partial charge in [-0.3, -0.25) is 14.9 Å². The van der Waals surface area contributed by atoms with Crippen molar-refractivity contribution < 1.29 is 4.79 Å². The lowest BCUT2D eigenvalue weighted by atomic mass is 10.2. The highest BCUT2D eigenvalue weighted by Gasteiger charge is 2.12. The molecule has 0 saturated heterocycles.